The second-order valence-electron chi connectivity index (χ2n) is 13.3. The summed E-state index contributed by atoms with van der Waals surface area (Å²) < 4.78 is 25.2. The van der Waals surface area contributed by atoms with Gasteiger partial charge < -0.3 is 18.9 Å². The zero-order valence-electron chi connectivity index (χ0n) is 25.2. The number of hydrogen-bond donors (Lipinski definition) is 0. The molecule has 0 amide bonds. The lowest BCUT2D eigenvalue weighted by atomic mass is 10.0. The van der Waals surface area contributed by atoms with Crippen LogP contribution in [0.5, 0.6) is 23.8 Å². The SMILES string of the molecule is CC(C)(C)Oc1ncc(-c2cc(Br)cc(-c3cnc(OC(C)(C)C)nc3OC(C)(C)C)c2)c(OC(C)(C)C)n1. The Morgan fingerprint density at radius 1 is 0.513 bits per heavy atom. The van der Waals surface area contributed by atoms with Crippen LogP contribution in [0.1, 0.15) is 83.1 Å². The highest BCUT2D eigenvalue weighted by atomic mass is 79.9. The molecule has 0 aliphatic carbocycles. The maximum Gasteiger partial charge on any atom is 0.320 e. The Morgan fingerprint density at radius 2 is 0.846 bits per heavy atom. The van der Waals surface area contributed by atoms with Gasteiger partial charge in [-0.15, -0.1) is 0 Å². The molecule has 2 aromatic heterocycles. The molecule has 0 unspecified atom stereocenters. The Morgan fingerprint density at radius 3 is 1.15 bits per heavy atom. The Bertz CT molecular complexity index is 1220. The largest absolute Gasteiger partial charge is 0.471 e. The number of nitrogens with zero attached hydrogens (tertiary/aromatic N) is 4. The molecule has 0 atom stereocenters. The molecule has 0 aliphatic rings. The molecule has 0 fully saturated rings. The van der Waals surface area contributed by atoms with E-state index in [1.165, 1.54) is 0 Å². The van der Waals surface area contributed by atoms with Crippen LogP contribution in [0.2, 0.25) is 0 Å². The highest BCUT2D eigenvalue weighted by Gasteiger charge is 2.24. The molecule has 212 valence electrons. The van der Waals surface area contributed by atoms with Crippen LogP contribution in [-0.4, -0.2) is 42.3 Å². The summed E-state index contributed by atoms with van der Waals surface area (Å²) in [7, 11) is 0. The molecule has 3 rings (SSSR count). The number of hydrogen-bond acceptors (Lipinski definition) is 8. The molecule has 0 saturated carbocycles. The van der Waals surface area contributed by atoms with Crippen LogP contribution in [0, 0.1) is 0 Å². The first kappa shape index (κ1) is 30.6. The molecule has 0 spiro atoms. The van der Waals surface area contributed by atoms with Crippen molar-refractivity contribution in [2.75, 3.05) is 0 Å². The van der Waals surface area contributed by atoms with Crippen molar-refractivity contribution in [1.82, 2.24) is 19.9 Å². The number of benzene rings is 1. The van der Waals surface area contributed by atoms with E-state index >= 15 is 0 Å². The van der Waals surface area contributed by atoms with Crippen molar-refractivity contribution >= 4 is 15.9 Å². The fourth-order valence-electron chi connectivity index (χ4n) is 3.38. The molecular weight excluding hydrogens is 560 g/mol. The summed E-state index contributed by atoms with van der Waals surface area (Å²) in [6.45, 7) is 23.6. The monoisotopic (exact) mass is 600 g/mol. The van der Waals surface area contributed by atoms with E-state index in [0.29, 0.717) is 11.8 Å². The van der Waals surface area contributed by atoms with E-state index in [-0.39, 0.29) is 12.0 Å². The van der Waals surface area contributed by atoms with E-state index in [4.69, 9.17) is 18.9 Å². The summed E-state index contributed by atoms with van der Waals surface area (Å²) in [5.41, 5.74) is 1.27. The predicted molar refractivity (Wildman–Crippen MR) is 158 cm³/mol. The van der Waals surface area contributed by atoms with Gasteiger partial charge in [0.2, 0.25) is 11.8 Å². The third kappa shape index (κ3) is 9.64. The van der Waals surface area contributed by atoms with Gasteiger partial charge in [-0.25, -0.2) is 9.97 Å². The highest BCUT2D eigenvalue weighted by Crippen LogP contribution is 2.39. The second-order valence-corrected chi connectivity index (χ2v) is 14.2. The van der Waals surface area contributed by atoms with Crippen molar-refractivity contribution in [3.05, 3.63) is 35.1 Å². The van der Waals surface area contributed by atoms with Crippen LogP contribution < -0.4 is 18.9 Å². The van der Waals surface area contributed by atoms with Crippen molar-refractivity contribution in [2.45, 2.75) is 105 Å². The van der Waals surface area contributed by atoms with Gasteiger partial charge in [-0.1, -0.05) is 15.9 Å². The van der Waals surface area contributed by atoms with Gasteiger partial charge in [-0.05, 0) is 112 Å². The molecule has 1 aromatic carbocycles. The average Bonchev–Trinajstić information content (AvgIpc) is 2.69. The van der Waals surface area contributed by atoms with Gasteiger partial charge in [-0.3, -0.25) is 0 Å². The van der Waals surface area contributed by atoms with Gasteiger partial charge >= 0.3 is 12.0 Å². The average molecular weight is 602 g/mol. The summed E-state index contributed by atoms with van der Waals surface area (Å²) in [5, 5.41) is 0. The minimum Gasteiger partial charge on any atom is -0.471 e. The zero-order valence-corrected chi connectivity index (χ0v) is 26.8. The lowest BCUT2D eigenvalue weighted by molar-refractivity contribution is 0.102. The van der Waals surface area contributed by atoms with Crippen LogP contribution >= 0.6 is 15.9 Å². The summed E-state index contributed by atoms with van der Waals surface area (Å²) in [5.74, 6) is 0.856. The maximum absolute atomic E-state index is 6.27. The number of rotatable bonds is 6. The minimum atomic E-state index is -0.485. The van der Waals surface area contributed by atoms with Crippen molar-refractivity contribution in [1.29, 1.82) is 0 Å². The summed E-state index contributed by atoms with van der Waals surface area (Å²) in [6.07, 6.45) is 3.45. The molecule has 0 N–H and O–H groups in total. The number of aromatic nitrogens is 4. The van der Waals surface area contributed by atoms with E-state index in [0.717, 1.165) is 26.7 Å². The fraction of sp³-hybridized carbons (Fsp3) is 0.533. The zero-order chi connectivity index (χ0) is 29.4. The van der Waals surface area contributed by atoms with Crippen molar-refractivity contribution in [3.8, 4) is 46.0 Å². The van der Waals surface area contributed by atoms with Gasteiger partial charge in [0.05, 0.1) is 11.1 Å². The van der Waals surface area contributed by atoms with Crippen molar-refractivity contribution in [3.63, 3.8) is 0 Å². The highest BCUT2D eigenvalue weighted by molar-refractivity contribution is 9.10. The van der Waals surface area contributed by atoms with E-state index in [1.54, 1.807) is 12.4 Å². The molecule has 9 heteroatoms. The van der Waals surface area contributed by atoms with Crippen LogP contribution in [0.3, 0.4) is 0 Å². The normalized spacial score (nSPS) is 12.7. The third-order valence-corrected chi connectivity index (χ3v) is 5.04. The molecule has 3 aromatic rings. The first-order valence-electron chi connectivity index (χ1n) is 13.0. The van der Waals surface area contributed by atoms with Gasteiger partial charge in [0.25, 0.3) is 0 Å². The first-order valence-corrected chi connectivity index (χ1v) is 13.8. The second kappa shape index (κ2) is 10.9. The van der Waals surface area contributed by atoms with Crippen molar-refractivity contribution in [2.24, 2.45) is 0 Å². The minimum absolute atomic E-state index is 0.254. The molecule has 0 bridgehead atoms. The molecule has 39 heavy (non-hydrogen) atoms. The third-order valence-electron chi connectivity index (χ3n) is 4.58. The Labute approximate surface area is 241 Å². The molecule has 8 nitrogen and oxygen atoms in total. The smallest absolute Gasteiger partial charge is 0.320 e. The molecule has 0 saturated heterocycles. The van der Waals surface area contributed by atoms with Gasteiger partial charge in [0.15, 0.2) is 0 Å². The van der Waals surface area contributed by atoms with Crippen LogP contribution in [0.4, 0.5) is 0 Å². The topological polar surface area (TPSA) is 88.5 Å². The quantitative estimate of drug-likeness (QED) is 0.280. The molecule has 2 heterocycles. The summed E-state index contributed by atoms with van der Waals surface area (Å²) in [4.78, 5) is 18.2. The fourth-order valence-corrected chi connectivity index (χ4v) is 3.87. The summed E-state index contributed by atoms with van der Waals surface area (Å²) in [6, 6.07) is 6.50. The van der Waals surface area contributed by atoms with Crippen LogP contribution in [0.25, 0.3) is 22.3 Å². The van der Waals surface area contributed by atoms with E-state index in [1.807, 2.05) is 101 Å². The Balaban J connectivity index is 2.16. The van der Waals surface area contributed by atoms with Crippen molar-refractivity contribution < 1.29 is 18.9 Å². The molecule has 0 aliphatic heterocycles. The van der Waals surface area contributed by atoms with Crippen LogP contribution in [-0.2, 0) is 0 Å². The molecule has 0 radical (unpaired) electrons. The Hall–Kier alpha value is -2.94. The van der Waals surface area contributed by atoms with Crippen LogP contribution in [0.15, 0.2) is 35.1 Å². The predicted octanol–water partition coefficient (Wildman–Crippen LogP) is 8.07. The van der Waals surface area contributed by atoms with E-state index < -0.39 is 22.4 Å². The first-order chi connectivity index (χ1) is 17.7. The maximum atomic E-state index is 6.27. The van der Waals surface area contributed by atoms with Gasteiger partial charge in [0, 0.05) is 16.9 Å². The van der Waals surface area contributed by atoms with Gasteiger partial charge in [-0.2, -0.15) is 9.97 Å². The molecular formula is C30H41BrN4O4. The summed E-state index contributed by atoms with van der Waals surface area (Å²) >= 11 is 3.68. The van der Waals surface area contributed by atoms with E-state index in [2.05, 4.69) is 35.9 Å². The lowest BCUT2D eigenvalue weighted by Crippen LogP contribution is -2.26. The van der Waals surface area contributed by atoms with E-state index in [9.17, 15) is 0 Å². The number of ether oxygens (including phenoxy) is 4. The lowest BCUT2D eigenvalue weighted by Gasteiger charge is -2.25. The number of halogens is 1. The standard InChI is InChI=1S/C30H41BrN4O4/c1-27(2,3)36-23-21(16-32-25(34-23)38-29(7,8)9)18-13-19(15-20(31)14-18)22-17-33-26(39-30(10,11)12)35-24(22)37-28(4,5)6/h13-17H,1-12H3. The van der Waals surface area contributed by atoms with Gasteiger partial charge in [0.1, 0.15) is 22.4 Å². The Kier molecular flexibility index (Phi) is 8.56.